The van der Waals surface area contributed by atoms with Crippen LogP contribution in [0.1, 0.15) is 31.9 Å². The van der Waals surface area contributed by atoms with Crippen LogP contribution in [0.5, 0.6) is 0 Å². The van der Waals surface area contributed by atoms with E-state index in [2.05, 4.69) is 0 Å². The molecule has 50 valence electrons. The summed E-state index contributed by atoms with van der Waals surface area (Å²) < 4.78 is 65.9. The van der Waals surface area contributed by atoms with Crippen LogP contribution in [0.15, 0.2) is 0 Å². The molecule has 0 N–H and O–H groups in total. The minimum atomic E-state index is -3.28. The van der Waals surface area contributed by atoms with Gasteiger partial charge < -0.3 is 4.48 Å². The highest BCUT2D eigenvalue weighted by atomic mass is 15.3. The van der Waals surface area contributed by atoms with Crippen LogP contribution < -0.4 is 0 Å². The van der Waals surface area contributed by atoms with Crippen LogP contribution in [0, 0.1) is 0 Å². The summed E-state index contributed by atoms with van der Waals surface area (Å²) in [6.07, 6.45) is -6.45. The number of hydrogen-bond donors (Lipinski definition) is 0. The minimum Gasteiger partial charge on any atom is -0.331 e. The molecule has 0 fully saturated rings. The van der Waals surface area contributed by atoms with E-state index in [0.717, 1.165) is 0 Å². The van der Waals surface area contributed by atoms with E-state index < -0.39 is 30.6 Å². The Morgan fingerprint density at radius 2 is 2.12 bits per heavy atom. The van der Waals surface area contributed by atoms with Crippen molar-refractivity contribution in [1.82, 2.24) is 0 Å². The van der Waals surface area contributed by atoms with Gasteiger partial charge in [0, 0.05) is 9.60 Å². The minimum absolute atomic E-state index is 0.546. The summed E-state index contributed by atoms with van der Waals surface area (Å²) in [6, 6.07) is 0. The van der Waals surface area contributed by atoms with Gasteiger partial charge >= 0.3 is 0 Å². The van der Waals surface area contributed by atoms with Crippen molar-refractivity contribution >= 4 is 0 Å². The predicted octanol–water partition coefficient (Wildman–Crippen LogP) is 1.49. The Labute approximate surface area is 65.5 Å². The normalized spacial score (nSPS) is 35.6. The van der Waals surface area contributed by atoms with Gasteiger partial charge in [0.25, 0.3) is 0 Å². The lowest BCUT2D eigenvalue weighted by atomic mass is 10.3. The first-order valence-electron chi connectivity index (χ1n) is 6.82. The molecule has 0 unspecified atom stereocenters. The van der Waals surface area contributed by atoms with Crippen LogP contribution in [0.2, 0.25) is 0 Å². The van der Waals surface area contributed by atoms with E-state index in [-0.39, 0.29) is 0 Å². The average molecular weight is 125 g/mol. The second-order valence-corrected chi connectivity index (χ2v) is 2.37. The largest absolute Gasteiger partial charge is 0.331 e. The second-order valence-electron chi connectivity index (χ2n) is 2.37. The van der Waals surface area contributed by atoms with Gasteiger partial charge in [-0.15, -0.1) is 0 Å². The average Bonchev–Trinajstić information content (AvgIpc) is 1.98. The number of nitrogens with zero attached hydrogens (tertiary/aromatic N) is 1. The lowest BCUT2D eigenvalue weighted by Crippen LogP contribution is -2.35. The third kappa shape index (κ3) is 5.96. The van der Waals surface area contributed by atoms with Gasteiger partial charge in [0.05, 0.1) is 30.4 Å². The highest BCUT2D eigenvalue weighted by Gasteiger charge is 2.02. The van der Waals surface area contributed by atoms with Crippen LogP contribution in [0.4, 0.5) is 0 Å². The summed E-state index contributed by atoms with van der Waals surface area (Å²) in [4.78, 5) is 0. The fourth-order valence-corrected chi connectivity index (χ4v) is 0.196. The lowest BCUT2D eigenvalue weighted by Gasteiger charge is -2.23. The Bertz CT molecular complexity index is 257. The van der Waals surface area contributed by atoms with Crippen molar-refractivity contribution in [2.45, 2.75) is 19.6 Å². The summed E-state index contributed by atoms with van der Waals surface area (Å²) in [6.45, 7) is -5.93. The van der Waals surface area contributed by atoms with Crippen LogP contribution >= 0.6 is 0 Å². The fourth-order valence-electron chi connectivity index (χ4n) is 0.196. The summed E-state index contributed by atoms with van der Waals surface area (Å²) in [5.41, 5.74) is 0. The third-order valence-corrected chi connectivity index (χ3v) is 0.454. The molecular formula is C7H18N+. The maximum atomic E-state index is 7.69. The van der Waals surface area contributed by atoms with Gasteiger partial charge in [-0.2, -0.15) is 0 Å². The Morgan fingerprint density at radius 3 is 2.50 bits per heavy atom. The van der Waals surface area contributed by atoms with Crippen molar-refractivity contribution in [3.63, 3.8) is 0 Å². The van der Waals surface area contributed by atoms with Crippen LogP contribution in [0.25, 0.3) is 0 Å². The van der Waals surface area contributed by atoms with Gasteiger partial charge in [0.2, 0.25) is 0 Å². The molecular weight excluding hydrogens is 98.1 g/mol. The lowest BCUT2D eigenvalue weighted by molar-refractivity contribution is -0.870. The number of quaternary nitrogens is 1. The van der Waals surface area contributed by atoms with Crippen LogP contribution in [-0.4, -0.2) is 32.1 Å². The van der Waals surface area contributed by atoms with Crippen molar-refractivity contribution < 1.29 is 16.8 Å². The number of rotatable bonds is 3. The zero-order valence-electron chi connectivity index (χ0n) is 14.4. The molecule has 0 aromatic carbocycles. The van der Waals surface area contributed by atoms with E-state index in [4.69, 9.17) is 12.3 Å². The SMILES string of the molecule is [2H]C([2H])([2H])C([2H])([2H])C([2H])([2H])C([2H])([2H])[N+](C)(C)C. The van der Waals surface area contributed by atoms with Crippen LogP contribution in [0.3, 0.4) is 0 Å². The zero-order chi connectivity index (χ0) is 14.5. The molecule has 0 amide bonds. The smallest absolute Gasteiger partial charge is 0.0924 e. The third-order valence-electron chi connectivity index (χ3n) is 0.454. The van der Waals surface area contributed by atoms with Crippen molar-refractivity contribution in [2.75, 3.05) is 27.6 Å². The van der Waals surface area contributed by atoms with E-state index in [1.807, 2.05) is 0 Å². The molecule has 8 heavy (non-hydrogen) atoms. The van der Waals surface area contributed by atoms with Crippen molar-refractivity contribution in [3.8, 4) is 0 Å². The highest BCUT2D eigenvalue weighted by Crippen LogP contribution is 1.94. The maximum absolute atomic E-state index is 7.69. The fraction of sp³-hybridized carbons (Fsp3) is 1.00. The van der Waals surface area contributed by atoms with Crippen molar-refractivity contribution in [3.05, 3.63) is 0 Å². The Kier molecular flexibility index (Phi) is 0.583. The van der Waals surface area contributed by atoms with Crippen LogP contribution in [-0.2, 0) is 0 Å². The van der Waals surface area contributed by atoms with Gasteiger partial charge in [0.15, 0.2) is 0 Å². The first-order valence-corrected chi connectivity index (χ1v) is 2.32. The molecule has 0 aliphatic heterocycles. The molecule has 0 heterocycles. The molecule has 0 aromatic rings. The summed E-state index contributed by atoms with van der Waals surface area (Å²) in [5.74, 6) is 0. The van der Waals surface area contributed by atoms with Gasteiger partial charge in [-0.25, -0.2) is 0 Å². The summed E-state index contributed by atoms with van der Waals surface area (Å²) in [5, 5.41) is 0. The first kappa shape index (κ1) is 1.51. The Morgan fingerprint density at radius 1 is 1.50 bits per heavy atom. The number of hydrogen-bond acceptors (Lipinski definition) is 0. The predicted molar refractivity (Wildman–Crippen MR) is 37.8 cm³/mol. The molecule has 0 aliphatic rings. The molecule has 0 radical (unpaired) electrons. The van der Waals surface area contributed by atoms with Gasteiger partial charge in [0.1, 0.15) is 0 Å². The molecule has 0 bridgehead atoms. The van der Waals surface area contributed by atoms with E-state index in [1.165, 1.54) is 21.1 Å². The van der Waals surface area contributed by atoms with E-state index in [9.17, 15) is 0 Å². The summed E-state index contributed by atoms with van der Waals surface area (Å²) >= 11 is 0. The maximum Gasteiger partial charge on any atom is 0.0924 e. The monoisotopic (exact) mass is 125 g/mol. The molecule has 0 saturated heterocycles. The Balaban J connectivity index is 5.73. The first-order chi connectivity index (χ1) is 7.00. The molecule has 0 saturated carbocycles. The van der Waals surface area contributed by atoms with Gasteiger partial charge in [-0.3, -0.25) is 0 Å². The molecule has 1 nitrogen and oxygen atoms in total. The topological polar surface area (TPSA) is 0 Å². The molecule has 0 aliphatic carbocycles. The molecule has 0 spiro atoms. The van der Waals surface area contributed by atoms with Crippen molar-refractivity contribution in [2.24, 2.45) is 0 Å². The molecule has 0 rings (SSSR count). The van der Waals surface area contributed by atoms with E-state index in [0.29, 0.717) is 0 Å². The van der Waals surface area contributed by atoms with Crippen molar-refractivity contribution in [1.29, 1.82) is 0 Å². The quantitative estimate of drug-likeness (QED) is 0.501. The second kappa shape index (κ2) is 3.08. The zero-order valence-corrected chi connectivity index (χ0v) is 5.45. The summed E-state index contributed by atoms with van der Waals surface area (Å²) in [7, 11) is 4.02. The molecule has 0 atom stereocenters. The van der Waals surface area contributed by atoms with Gasteiger partial charge in [-0.1, -0.05) is 13.2 Å². The molecule has 1 heteroatoms. The van der Waals surface area contributed by atoms with Gasteiger partial charge in [-0.05, 0) is 6.37 Å². The molecule has 0 aromatic heterocycles. The van der Waals surface area contributed by atoms with E-state index >= 15 is 0 Å². The highest BCUT2D eigenvalue weighted by molar-refractivity contribution is 4.29. The Hall–Kier alpha value is -0.0400. The standard InChI is InChI=1S/C7H18N/c1-5-6-7-8(2,3)4/h5-7H2,1-4H3/q+1/i1D3,5D2,6D2,7D2. The van der Waals surface area contributed by atoms with E-state index in [1.54, 1.807) is 0 Å².